The molecule has 0 spiro atoms. The molecular formula is C54H33NO2. The zero-order chi connectivity index (χ0) is 37.5. The van der Waals surface area contributed by atoms with Crippen LogP contribution in [0.25, 0.3) is 98.4 Å². The van der Waals surface area contributed by atoms with Gasteiger partial charge in [-0.3, -0.25) is 0 Å². The number of hydrogen-bond donors (Lipinski definition) is 0. The number of hydrogen-bond acceptors (Lipinski definition) is 3. The molecule has 57 heavy (non-hydrogen) atoms. The Bertz CT molecular complexity index is 3530. The van der Waals surface area contributed by atoms with Crippen molar-refractivity contribution in [2.45, 2.75) is 0 Å². The summed E-state index contributed by atoms with van der Waals surface area (Å²) in [7, 11) is 0. The van der Waals surface area contributed by atoms with E-state index in [0.29, 0.717) is 0 Å². The molecular weight excluding hydrogens is 695 g/mol. The predicted molar refractivity (Wildman–Crippen MR) is 239 cm³/mol. The van der Waals surface area contributed by atoms with Gasteiger partial charge < -0.3 is 13.7 Å². The van der Waals surface area contributed by atoms with E-state index in [1.807, 2.05) is 12.1 Å². The molecule has 0 saturated carbocycles. The van der Waals surface area contributed by atoms with Crippen LogP contribution in [0.1, 0.15) is 0 Å². The smallest absolute Gasteiger partial charge is 0.145 e. The first kappa shape index (κ1) is 31.7. The van der Waals surface area contributed by atoms with Gasteiger partial charge in [0.05, 0.1) is 11.1 Å². The Kier molecular flexibility index (Phi) is 6.93. The summed E-state index contributed by atoms with van der Waals surface area (Å²) in [6, 6.07) is 71.5. The van der Waals surface area contributed by atoms with Gasteiger partial charge in [-0.1, -0.05) is 152 Å². The zero-order valence-electron chi connectivity index (χ0n) is 30.8. The van der Waals surface area contributed by atoms with Crippen LogP contribution in [0, 0.1) is 0 Å². The molecule has 0 aliphatic heterocycles. The third-order valence-electron chi connectivity index (χ3n) is 11.7. The SMILES string of the molecule is c1ccc2c(-c3ccc(N(c4ccc(-c5cccc6c5oc5ccccc56)cc4)c4ccc5ccc6ccccc6c5c4)c4c3oc3ccccc34)cccc2c1. The van der Waals surface area contributed by atoms with Crippen LogP contribution in [0.5, 0.6) is 0 Å². The van der Waals surface area contributed by atoms with Crippen molar-refractivity contribution in [1.29, 1.82) is 0 Å². The Labute approximate surface area is 328 Å². The topological polar surface area (TPSA) is 29.5 Å². The standard InChI is InChI=1S/C54H33NO2/c1-3-14-40-34(11-1)13-9-19-43(40)46-31-32-49(52-47-17-6-8-22-51(47)57-54(46)52)55(39-30-27-37-24-23-35-12-2-4-15-41(35)48(37)33-39)38-28-25-36(26-29-38)42-18-10-20-45-44-16-5-7-21-50(44)56-53(42)45/h1-33H. The van der Waals surface area contributed by atoms with Gasteiger partial charge in [-0.2, -0.15) is 0 Å². The Morgan fingerprint density at radius 3 is 1.70 bits per heavy atom. The quantitative estimate of drug-likeness (QED) is 0.165. The van der Waals surface area contributed by atoms with Gasteiger partial charge in [0.25, 0.3) is 0 Å². The lowest BCUT2D eigenvalue weighted by atomic mass is 9.95. The van der Waals surface area contributed by atoms with E-state index in [4.69, 9.17) is 8.83 Å². The third-order valence-corrected chi connectivity index (χ3v) is 11.7. The maximum absolute atomic E-state index is 6.88. The molecule has 0 unspecified atom stereocenters. The highest BCUT2D eigenvalue weighted by Crippen LogP contribution is 2.48. The molecule has 2 heterocycles. The number of rotatable bonds is 5. The summed E-state index contributed by atoms with van der Waals surface area (Å²) in [6.45, 7) is 0. The minimum atomic E-state index is 0.861. The van der Waals surface area contributed by atoms with Crippen LogP contribution in [-0.4, -0.2) is 0 Å². The van der Waals surface area contributed by atoms with E-state index < -0.39 is 0 Å². The molecule has 0 amide bonds. The van der Waals surface area contributed by atoms with Crippen molar-refractivity contribution in [2.24, 2.45) is 0 Å². The van der Waals surface area contributed by atoms with Gasteiger partial charge in [-0.25, -0.2) is 0 Å². The van der Waals surface area contributed by atoms with E-state index in [1.165, 1.54) is 32.3 Å². The number of benzene rings is 10. The van der Waals surface area contributed by atoms with Crippen molar-refractivity contribution < 1.29 is 8.83 Å². The number of para-hydroxylation sites is 3. The molecule has 12 aromatic rings. The molecule has 3 nitrogen and oxygen atoms in total. The maximum Gasteiger partial charge on any atom is 0.145 e. The van der Waals surface area contributed by atoms with Crippen LogP contribution in [-0.2, 0) is 0 Å². The maximum atomic E-state index is 6.88. The van der Waals surface area contributed by atoms with E-state index in [-0.39, 0.29) is 0 Å². The predicted octanol–water partition coefficient (Wildman–Crippen LogP) is 15.7. The van der Waals surface area contributed by atoms with Crippen molar-refractivity contribution >= 4 is 93.3 Å². The first-order chi connectivity index (χ1) is 28.3. The van der Waals surface area contributed by atoms with Crippen LogP contribution < -0.4 is 4.90 Å². The molecule has 0 radical (unpaired) electrons. The summed E-state index contributed by atoms with van der Waals surface area (Å²) in [5, 5.41) is 11.7. The van der Waals surface area contributed by atoms with Crippen LogP contribution in [0.2, 0.25) is 0 Å². The van der Waals surface area contributed by atoms with Crippen LogP contribution in [0.15, 0.2) is 209 Å². The fourth-order valence-corrected chi connectivity index (χ4v) is 8.99. The van der Waals surface area contributed by atoms with Crippen molar-refractivity contribution in [3.05, 3.63) is 200 Å². The highest BCUT2D eigenvalue weighted by molar-refractivity contribution is 6.19. The summed E-state index contributed by atoms with van der Waals surface area (Å²) in [6.07, 6.45) is 0. The zero-order valence-corrected chi connectivity index (χ0v) is 30.8. The van der Waals surface area contributed by atoms with Gasteiger partial charge in [0.2, 0.25) is 0 Å². The summed E-state index contributed by atoms with van der Waals surface area (Å²) in [4.78, 5) is 2.39. The molecule has 12 rings (SSSR count). The second kappa shape index (κ2) is 12.5. The summed E-state index contributed by atoms with van der Waals surface area (Å²) < 4.78 is 13.3. The van der Waals surface area contributed by atoms with Gasteiger partial charge in [-0.05, 0) is 92.0 Å². The molecule has 0 bridgehead atoms. The highest BCUT2D eigenvalue weighted by atomic mass is 16.3. The minimum absolute atomic E-state index is 0.861. The average Bonchev–Trinajstić information content (AvgIpc) is 3.86. The lowest BCUT2D eigenvalue weighted by molar-refractivity contribution is 0.669. The second-order valence-corrected chi connectivity index (χ2v) is 14.8. The lowest BCUT2D eigenvalue weighted by Gasteiger charge is -2.27. The molecule has 0 fully saturated rings. The summed E-state index contributed by atoms with van der Waals surface area (Å²) in [5.41, 5.74) is 11.1. The minimum Gasteiger partial charge on any atom is -0.455 e. The first-order valence-corrected chi connectivity index (χ1v) is 19.4. The van der Waals surface area contributed by atoms with Gasteiger partial charge in [0.15, 0.2) is 0 Å². The Morgan fingerprint density at radius 1 is 0.316 bits per heavy atom. The molecule has 266 valence electrons. The van der Waals surface area contributed by atoms with Gasteiger partial charge >= 0.3 is 0 Å². The monoisotopic (exact) mass is 727 g/mol. The molecule has 3 heteroatoms. The van der Waals surface area contributed by atoms with Crippen molar-refractivity contribution in [3.63, 3.8) is 0 Å². The number of fused-ring (bicyclic) bond motifs is 10. The van der Waals surface area contributed by atoms with Crippen LogP contribution >= 0.6 is 0 Å². The van der Waals surface area contributed by atoms with E-state index in [0.717, 1.165) is 83.2 Å². The van der Waals surface area contributed by atoms with E-state index in [1.54, 1.807) is 0 Å². The average molecular weight is 728 g/mol. The van der Waals surface area contributed by atoms with Gasteiger partial charge in [-0.15, -0.1) is 0 Å². The van der Waals surface area contributed by atoms with E-state index in [9.17, 15) is 0 Å². The Morgan fingerprint density at radius 2 is 0.877 bits per heavy atom. The molecule has 10 aromatic carbocycles. The third kappa shape index (κ3) is 4.92. The normalized spacial score (nSPS) is 11.9. The number of furan rings is 2. The molecule has 0 N–H and O–H groups in total. The number of anilines is 3. The lowest BCUT2D eigenvalue weighted by Crippen LogP contribution is -2.10. The van der Waals surface area contributed by atoms with Crippen molar-refractivity contribution in [3.8, 4) is 22.3 Å². The van der Waals surface area contributed by atoms with Crippen LogP contribution in [0.4, 0.5) is 17.1 Å². The fourth-order valence-electron chi connectivity index (χ4n) is 8.99. The molecule has 0 atom stereocenters. The fraction of sp³-hybridized carbons (Fsp3) is 0. The van der Waals surface area contributed by atoms with Crippen LogP contribution in [0.3, 0.4) is 0 Å². The highest BCUT2D eigenvalue weighted by Gasteiger charge is 2.23. The van der Waals surface area contributed by atoms with E-state index in [2.05, 4.69) is 193 Å². The Hall–Kier alpha value is -7.62. The van der Waals surface area contributed by atoms with Crippen molar-refractivity contribution in [2.75, 3.05) is 4.90 Å². The number of nitrogens with zero attached hydrogens (tertiary/aromatic N) is 1. The van der Waals surface area contributed by atoms with Gasteiger partial charge in [0, 0.05) is 38.7 Å². The molecule has 0 aliphatic rings. The van der Waals surface area contributed by atoms with Crippen molar-refractivity contribution in [1.82, 2.24) is 0 Å². The summed E-state index contributed by atoms with van der Waals surface area (Å²) in [5.74, 6) is 0. The van der Waals surface area contributed by atoms with E-state index >= 15 is 0 Å². The largest absolute Gasteiger partial charge is 0.455 e. The first-order valence-electron chi connectivity index (χ1n) is 19.4. The summed E-state index contributed by atoms with van der Waals surface area (Å²) >= 11 is 0. The Balaban J connectivity index is 1.11. The molecule has 0 saturated heterocycles. The van der Waals surface area contributed by atoms with Gasteiger partial charge in [0.1, 0.15) is 22.3 Å². The molecule has 2 aromatic heterocycles. The molecule has 0 aliphatic carbocycles. The second-order valence-electron chi connectivity index (χ2n) is 14.8.